The summed E-state index contributed by atoms with van der Waals surface area (Å²) in [5.41, 5.74) is 15.0. The van der Waals surface area contributed by atoms with Gasteiger partial charge in [0.2, 0.25) is 0 Å². The van der Waals surface area contributed by atoms with E-state index >= 15 is 0 Å². The second-order valence-electron chi connectivity index (χ2n) is 13.0. The van der Waals surface area contributed by atoms with Crippen molar-refractivity contribution in [3.05, 3.63) is 211 Å². The fourth-order valence-corrected chi connectivity index (χ4v) is 6.89. The largest absolute Gasteiger partial charge is 0.298 e. The van der Waals surface area contributed by atoms with Crippen LogP contribution in [0.4, 0.5) is 0 Å². The first-order valence-electron chi connectivity index (χ1n) is 17.7. The van der Waals surface area contributed by atoms with Crippen molar-refractivity contribution in [2.45, 2.75) is 0 Å². The first kappa shape index (κ1) is 31.8. The minimum atomic E-state index is 0.825. The van der Waals surface area contributed by atoms with Crippen molar-refractivity contribution in [3.63, 3.8) is 0 Å². The first-order valence-corrected chi connectivity index (χ1v) is 17.7. The lowest BCUT2D eigenvalue weighted by molar-refractivity contribution is 1.22. The van der Waals surface area contributed by atoms with Crippen LogP contribution in [0.25, 0.3) is 72.4 Å². The molecule has 0 aliphatic heterocycles. The summed E-state index contributed by atoms with van der Waals surface area (Å²) in [4.78, 5) is 15.3. The molecule has 0 bridgehead atoms. The summed E-state index contributed by atoms with van der Waals surface area (Å²) in [5, 5.41) is 1.04. The van der Waals surface area contributed by atoms with Crippen LogP contribution < -0.4 is 0 Å². The molecule has 0 aliphatic carbocycles. The molecule has 4 nitrogen and oxygen atoms in total. The van der Waals surface area contributed by atoms with Crippen LogP contribution in [0.1, 0.15) is 16.7 Å². The molecule has 6 aromatic carbocycles. The fourth-order valence-electron chi connectivity index (χ4n) is 6.89. The molecule has 0 unspecified atom stereocenters. The monoisotopic (exact) mass is 678 g/mol. The number of nitrogens with zero attached hydrogens (tertiary/aromatic N) is 4. The summed E-state index contributed by atoms with van der Waals surface area (Å²) in [5.74, 6) is 0. The van der Waals surface area contributed by atoms with E-state index in [4.69, 9.17) is 15.0 Å². The van der Waals surface area contributed by atoms with E-state index in [1.807, 2.05) is 48.7 Å². The van der Waals surface area contributed by atoms with Crippen molar-refractivity contribution in [3.8, 4) is 33.5 Å². The molecule has 0 radical (unpaired) electrons. The van der Waals surface area contributed by atoms with Crippen LogP contribution in [-0.4, -0.2) is 20.6 Å². The smallest absolute Gasteiger partial charge is 0.137 e. The summed E-state index contributed by atoms with van der Waals surface area (Å²) in [7, 11) is 0. The molecule has 3 aromatic heterocycles. The molecular weight excluding hydrogens is 645 g/mol. The Balaban J connectivity index is 1.09. The predicted octanol–water partition coefficient (Wildman–Crippen LogP) is 12.2. The highest BCUT2D eigenvalue weighted by Crippen LogP contribution is 2.34. The van der Waals surface area contributed by atoms with Gasteiger partial charge in [-0.3, -0.25) is 9.39 Å². The number of para-hydroxylation sites is 1. The van der Waals surface area contributed by atoms with E-state index in [2.05, 4.69) is 157 Å². The first-order chi connectivity index (χ1) is 26.2. The average molecular weight is 679 g/mol. The second kappa shape index (κ2) is 13.9. The van der Waals surface area contributed by atoms with Crippen LogP contribution in [0.5, 0.6) is 0 Å². The number of fused-ring (bicyclic) bond motifs is 5. The molecule has 9 aromatic rings. The molecule has 0 atom stereocenters. The van der Waals surface area contributed by atoms with Gasteiger partial charge in [-0.05, 0) is 75.4 Å². The van der Waals surface area contributed by atoms with E-state index in [1.165, 1.54) is 5.56 Å². The maximum absolute atomic E-state index is 5.15. The summed E-state index contributed by atoms with van der Waals surface area (Å²) >= 11 is 0. The minimum absolute atomic E-state index is 0.825. The second-order valence-corrected chi connectivity index (χ2v) is 13.0. The highest BCUT2D eigenvalue weighted by atomic mass is 15.0. The third kappa shape index (κ3) is 6.35. The lowest BCUT2D eigenvalue weighted by atomic mass is 9.97. The molecule has 0 saturated heterocycles. The van der Waals surface area contributed by atoms with Gasteiger partial charge in [-0.2, -0.15) is 0 Å². The van der Waals surface area contributed by atoms with Gasteiger partial charge < -0.3 is 0 Å². The molecular formula is C49H34N4. The van der Waals surface area contributed by atoms with Gasteiger partial charge in [0.05, 0.1) is 22.4 Å². The molecule has 0 amide bonds. The zero-order chi connectivity index (χ0) is 35.6. The van der Waals surface area contributed by atoms with E-state index in [0.29, 0.717) is 0 Å². The molecule has 9 rings (SSSR count). The van der Waals surface area contributed by atoms with Crippen molar-refractivity contribution in [2.75, 3.05) is 0 Å². The molecule has 0 aliphatic rings. The van der Waals surface area contributed by atoms with Gasteiger partial charge in [-0.15, -0.1) is 0 Å². The average Bonchev–Trinajstić information content (AvgIpc) is 3.63. The van der Waals surface area contributed by atoms with Gasteiger partial charge in [0.25, 0.3) is 0 Å². The molecule has 250 valence electrons. The lowest BCUT2D eigenvalue weighted by Crippen LogP contribution is -1.93. The minimum Gasteiger partial charge on any atom is -0.298 e. The molecule has 0 spiro atoms. The van der Waals surface area contributed by atoms with Crippen LogP contribution >= 0.6 is 0 Å². The van der Waals surface area contributed by atoms with Crippen LogP contribution in [0.2, 0.25) is 0 Å². The Morgan fingerprint density at radius 1 is 0.547 bits per heavy atom. The van der Waals surface area contributed by atoms with Crippen molar-refractivity contribution in [2.24, 2.45) is 4.99 Å². The number of pyridine rings is 2. The van der Waals surface area contributed by atoms with Crippen LogP contribution in [0.3, 0.4) is 0 Å². The third-order valence-electron chi connectivity index (χ3n) is 9.60. The van der Waals surface area contributed by atoms with E-state index in [-0.39, 0.29) is 0 Å². The van der Waals surface area contributed by atoms with E-state index < -0.39 is 0 Å². The highest BCUT2D eigenvalue weighted by molar-refractivity contribution is 6.09. The number of hydrogen-bond acceptors (Lipinski definition) is 3. The van der Waals surface area contributed by atoms with Crippen LogP contribution in [-0.2, 0) is 0 Å². The number of imidazole rings is 1. The molecule has 53 heavy (non-hydrogen) atoms. The Hall–Kier alpha value is -7.17. The van der Waals surface area contributed by atoms with Gasteiger partial charge in [0.1, 0.15) is 11.2 Å². The molecule has 0 N–H and O–H groups in total. The highest BCUT2D eigenvalue weighted by Gasteiger charge is 2.16. The van der Waals surface area contributed by atoms with Crippen molar-refractivity contribution >= 4 is 45.1 Å². The topological polar surface area (TPSA) is 42.5 Å². The summed E-state index contributed by atoms with van der Waals surface area (Å²) in [6.45, 7) is 4.51. The van der Waals surface area contributed by atoms with Gasteiger partial charge in [0, 0.05) is 28.9 Å². The van der Waals surface area contributed by atoms with Crippen LogP contribution in [0.15, 0.2) is 200 Å². The number of aromatic nitrogens is 3. The summed E-state index contributed by atoms with van der Waals surface area (Å²) in [6.07, 6.45) is 6.06. The summed E-state index contributed by atoms with van der Waals surface area (Å²) < 4.78 is 2.13. The van der Waals surface area contributed by atoms with Gasteiger partial charge in [0.15, 0.2) is 0 Å². The van der Waals surface area contributed by atoms with Crippen LogP contribution in [0, 0.1) is 0 Å². The SMILES string of the molecule is C=C(/C=C(\N=C\c1ccc(-c2nc3ccccc3c3nc4ccccn4c23)cc1)c1cccc(-c2ccccc2)c1)c1cccc(-c2ccccc2)c1. The Morgan fingerprint density at radius 3 is 1.91 bits per heavy atom. The molecule has 0 saturated carbocycles. The Labute approximate surface area is 308 Å². The van der Waals surface area contributed by atoms with E-state index in [9.17, 15) is 0 Å². The Morgan fingerprint density at radius 2 is 1.17 bits per heavy atom. The number of benzene rings is 6. The Kier molecular flexibility index (Phi) is 8.31. The maximum Gasteiger partial charge on any atom is 0.137 e. The van der Waals surface area contributed by atoms with Crippen molar-refractivity contribution in [1.29, 1.82) is 0 Å². The van der Waals surface area contributed by atoms with Gasteiger partial charge in [-0.1, -0.05) is 152 Å². The zero-order valence-corrected chi connectivity index (χ0v) is 29.0. The van der Waals surface area contributed by atoms with Gasteiger partial charge >= 0.3 is 0 Å². The van der Waals surface area contributed by atoms with E-state index in [1.54, 1.807) is 0 Å². The number of allylic oxidation sites excluding steroid dienone is 2. The zero-order valence-electron chi connectivity index (χ0n) is 29.0. The normalized spacial score (nSPS) is 11.9. The number of hydrogen-bond donors (Lipinski definition) is 0. The van der Waals surface area contributed by atoms with Crippen molar-refractivity contribution < 1.29 is 0 Å². The van der Waals surface area contributed by atoms with Gasteiger partial charge in [-0.25, -0.2) is 9.97 Å². The molecule has 3 heterocycles. The molecule has 4 heteroatoms. The fraction of sp³-hybridized carbons (Fsp3) is 0. The lowest BCUT2D eigenvalue weighted by Gasteiger charge is -2.10. The quantitative estimate of drug-likeness (QED) is 0.119. The number of rotatable bonds is 8. The number of aliphatic imine (C=N–C) groups is 1. The Bertz CT molecular complexity index is 2830. The third-order valence-corrected chi connectivity index (χ3v) is 9.60. The van der Waals surface area contributed by atoms with E-state index in [0.717, 1.165) is 83.5 Å². The maximum atomic E-state index is 5.15. The standard InChI is InChI=1S/C49H34N4/c1-34(39-18-12-19-40(31-39)36-14-4-2-5-15-36)30-45(42-21-13-20-41(32-42)37-16-6-3-7-17-37)50-33-35-25-27-38(28-26-35)47-49-48(43-22-8-9-23-44(43)51-47)52-46-24-10-11-29-53(46)49/h2-33H,1H2/b45-30-,50-33+. The molecule has 0 fully saturated rings. The summed E-state index contributed by atoms with van der Waals surface area (Å²) in [6, 6.07) is 60.6. The van der Waals surface area contributed by atoms with Crippen molar-refractivity contribution in [1.82, 2.24) is 14.4 Å². The predicted molar refractivity (Wildman–Crippen MR) is 222 cm³/mol.